The molecule has 0 spiro atoms. The van der Waals surface area contributed by atoms with Crippen molar-refractivity contribution in [2.24, 2.45) is 11.7 Å². The quantitative estimate of drug-likeness (QED) is 0.874. The van der Waals surface area contributed by atoms with E-state index in [1.807, 2.05) is 29.2 Å². The minimum atomic E-state index is -0.00977. The molecule has 5 heteroatoms. The molecule has 1 aromatic carbocycles. The SMILES string of the molecule is CC1CCCN(C(=O)c2n[nH]c3ccccc23)C1CN. The molecular weight excluding hydrogens is 252 g/mol. The van der Waals surface area contributed by atoms with Crippen LogP contribution >= 0.6 is 0 Å². The number of piperidine rings is 1. The average molecular weight is 272 g/mol. The summed E-state index contributed by atoms with van der Waals surface area (Å²) < 4.78 is 0. The maximum absolute atomic E-state index is 12.8. The van der Waals surface area contributed by atoms with Crippen LogP contribution in [0.3, 0.4) is 0 Å². The zero-order valence-corrected chi connectivity index (χ0v) is 11.7. The van der Waals surface area contributed by atoms with Gasteiger partial charge in [-0.05, 0) is 24.8 Å². The van der Waals surface area contributed by atoms with E-state index in [0.29, 0.717) is 18.2 Å². The Morgan fingerprint density at radius 2 is 2.30 bits per heavy atom. The molecule has 0 saturated carbocycles. The van der Waals surface area contributed by atoms with Gasteiger partial charge in [0, 0.05) is 24.5 Å². The van der Waals surface area contributed by atoms with E-state index in [4.69, 9.17) is 5.73 Å². The largest absolute Gasteiger partial charge is 0.333 e. The number of aromatic nitrogens is 2. The lowest BCUT2D eigenvalue weighted by Gasteiger charge is -2.39. The summed E-state index contributed by atoms with van der Waals surface area (Å²) in [6.07, 6.45) is 2.17. The van der Waals surface area contributed by atoms with Gasteiger partial charge in [0.25, 0.3) is 5.91 Å². The van der Waals surface area contributed by atoms with Gasteiger partial charge in [0.15, 0.2) is 5.69 Å². The summed E-state index contributed by atoms with van der Waals surface area (Å²) in [4.78, 5) is 14.7. The van der Waals surface area contributed by atoms with Crippen LogP contribution in [0.15, 0.2) is 24.3 Å². The molecule has 1 aliphatic rings. The highest BCUT2D eigenvalue weighted by atomic mass is 16.2. The molecule has 20 heavy (non-hydrogen) atoms. The van der Waals surface area contributed by atoms with E-state index in [2.05, 4.69) is 17.1 Å². The van der Waals surface area contributed by atoms with Crippen LogP contribution < -0.4 is 5.73 Å². The molecule has 0 bridgehead atoms. The number of nitrogens with zero attached hydrogens (tertiary/aromatic N) is 2. The van der Waals surface area contributed by atoms with Gasteiger partial charge >= 0.3 is 0 Å². The zero-order chi connectivity index (χ0) is 14.1. The van der Waals surface area contributed by atoms with Crippen molar-refractivity contribution in [1.29, 1.82) is 0 Å². The van der Waals surface area contributed by atoms with Crippen molar-refractivity contribution in [3.8, 4) is 0 Å². The number of hydrogen-bond donors (Lipinski definition) is 2. The molecule has 1 amide bonds. The summed E-state index contributed by atoms with van der Waals surface area (Å²) >= 11 is 0. The standard InChI is InChI=1S/C15H20N4O/c1-10-5-4-8-19(13(10)9-16)15(20)14-11-6-2-3-7-12(11)17-18-14/h2-3,6-7,10,13H,4-5,8-9,16H2,1H3,(H,17,18). The van der Waals surface area contributed by atoms with Crippen molar-refractivity contribution in [3.63, 3.8) is 0 Å². The van der Waals surface area contributed by atoms with Gasteiger partial charge in [0.1, 0.15) is 0 Å². The minimum absolute atomic E-state index is 0.00977. The lowest BCUT2D eigenvalue weighted by Crippen LogP contribution is -2.51. The Labute approximate surface area is 118 Å². The summed E-state index contributed by atoms with van der Waals surface area (Å²) in [5.41, 5.74) is 7.27. The number of para-hydroxylation sites is 1. The van der Waals surface area contributed by atoms with Crippen molar-refractivity contribution in [1.82, 2.24) is 15.1 Å². The number of carbonyl (C=O) groups is 1. The van der Waals surface area contributed by atoms with Crippen LogP contribution in [0.4, 0.5) is 0 Å². The molecule has 1 aromatic heterocycles. The summed E-state index contributed by atoms with van der Waals surface area (Å²) in [5.74, 6) is 0.437. The van der Waals surface area contributed by atoms with E-state index < -0.39 is 0 Å². The molecule has 1 fully saturated rings. The summed E-state index contributed by atoms with van der Waals surface area (Å²) in [6, 6.07) is 7.83. The molecule has 3 N–H and O–H groups in total. The van der Waals surface area contributed by atoms with Gasteiger partial charge in [0.2, 0.25) is 0 Å². The molecule has 2 heterocycles. The Bertz CT molecular complexity index is 621. The zero-order valence-electron chi connectivity index (χ0n) is 11.7. The van der Waals surface area contributed by atoms with Crippen molar-refractivity contribution < 1.29 is 4.79 Å². The smallest absolute Gasteiger partial charge is 0.275 e. The van der Waals surface area contributed by atoms with Crippen LogP contribution in [0, 0.1) is 5.92 Å². The molecule has 0 aliphatic carbocycles. The number of benzene rings is 1. The van der Waals surface area contributed by atoms with Crippen LogP contribution in [0.5, 0.6) is 0 Å². The van der Waals surface area contributed by atoms with Gasteiger partial charge in [0.05, 0.1) is 5.52 Å². The first kappa shape index (κ1) is 13.1. The molecule has 1 aliphatic heterocycles. The van der Waals surface area contributed by atoms with Gasteiger partial charge in [-0.2, -0.15) is 5.10 Å². The number of likely N-dealkylation sites (tertiary alicyclic amines) is 1. The first-order valence-electron chi connectivity index (χ1n) is 7.16. The molecule has 0 radical (unpaired) electrons. The lowest BCUT2D eigenvalue weighted by molar-refractivity contribution is 0.0528. The molecule has 2 aromatic rings. The number of fused-ring (bicyclic) bond motifs is 1. The van der Waals surface area contributed by atoms with E-state index in [1.54, 1.807) is 0 Å². The third-order valence-electron chi connectivity index (χ3n) is 4.29. The number of rotatable bonds is 2. The first-order valence-corrected chi connectivity index (χ1v) is 7.16. The van der Waals surface area contributed by atoms with Gasteiger partial charge < -0.3 is 10.6 Å². The normalized spacial score (nSPS) is 23.2. The Hall–Kier alpha value is -1.88. The van der Waals surface area contributed by atoms with Crippen LogP contribution in [0.1, 0.15) is 30.3 Å². The maximum Gasteiger partial charge on any atom is 0.275 e. The highest BCUT2D eigenvalue weighted by Gasteiger charge is 2.32. The monoisotopic (exact) mass is 272 g/mol. The predicted octanol–water partition coefficient (Wildman–Crippen LogP) is 1.76. The molecule has 1 saturated heterocycles. The Morgan fingerprint density at radius 3 is 3.10 bits per heavy atom. The first-order chi connectivity index (χ1) is 9.72. The van der Waals surface area contributed by atoms with Crippen LogP contribution in [-0.2, 0) is 0 Å². The molecule has 2 atom stereocenters. The fourth-order valence-corrected chi connectivity index (χ4v) is 3.12. The maximum atomic E-state index is 12.8. The van der Waals surface area contributed by atoms with Crippen molar-refractivity contribution >= 4 is 16.8 Å². The summed E-state index contributed by atoms with van der Waals surface area (Å²) in [7, 11) is 0. The third kappa shape index (κ3) is 2.08. The van der Waals surface area contributed by atoms with E-state index in [0.717, 1.165) is 30.3 Å². The van der Waals surface area contributed by atoms with E-state index in [1.165, 1.54) is 0 Å². The van der Waals surface area contributed by atoms with Crippen LogP contribution in [0.2, 0.25) is 0 Å². The number of nitrogens with one attached hydrogen (secondary N) is 1. The topological polar surface area (TPSA) is 75.0 Å². The van der Waals surface area contributed by atoms with Crippen molar-refractivity contribution in [3.05, 3.63) is 30.0 Å². The highest BCUT2D eigenvalue weighted by Crippen LogP contribution is 2.25. The number of hydrogen-bond acceptors (Lipinski definition) is 3. The molecule has 106 valence electrons. The number of amides is 1. The lowest BCUT2D eigenvalue weighted by atomic mass is 9.90. The Morgan fingerprint density at radius 1 is 1.50 bits per heavy atom. The van der Waals surface area contributed by atoms with Crippen molar-refractivity contribution in [2.75, 3.05) is 13.1 Å². The molecule has 2 unspecified atom stereocenters. The van der Waals surface area contributed by atoms with Crippen LogP contribution in [-0.4, -0.2) is 40.1 Å². The molecule has 3 rings (SSSR count). The number of H-pyrrole nitrogens is 1. The van der Waals surface area contributed by atoms with E-state index in [-0.39, 0.29) is 11.9 Å². The number of nitrogens with two attached hydrogens (primary N) is 1. The minimum Gasteiger partial charge on any atom is -0.333 e. The fraction of sp³-hybridized carbons (Fsp3) is 0.467. The van der Waals surface area contributed by atoms with Gasteiger partial charge in [-0.25, -0.2) is 0 Å². The second-order valence-electron chi connectivity index (χ2n) is 5.54. The van der Waals surface area contributed by atoms with E-state index >= 15 is 0 Å². The van der Waals surface area contributed by atoms with Crippen molar-refractivity contribution in [2.45, 2.75) is 25.8 Å². The molecular formula is C15H20N4O. The Balaban J connectivity index is 1.95. The fourth-order valence-electron chi connectivity index (χ4n) is 3.12. The van der Waals surface area contributed by atoms with Gasteiger partial charge in [-0.1, -0.05) is 25.1 Å². The molecule has 5 nitrogen and oxygen atoms in total. The predicted molar refractivity (Wildman–Crippen MR) is 78.4 cm³/mol. The summed E-state index contributed by atoms with van der Waals surface area (Å²) in [5, 5.41) is 8.01. The third-order valence-corrected chi connectivity index (χ3v) is 4.29. The van der Waals surface area contributed by atoms with Crippen LogP contribution in [0.25, 0.3) is 10.9 Å². The summed E-state index contributed by atoms with van der Waals surface area (Å²) in [6.45, 7) is 3.45. The highest BCUT2D eigenvalue weighted by molar-refractivity contribution is 6.04. The second kappa shape index (κ2) is 5.25. The Kier molecular flexibility index (Phi) is 3.44. The van der Waals surface area contributed by atoms with E-state index in [9.17, 15) is 4.79 Å². The number of aromatic amines is 1. The van der Waals surface area contributed by atoms with Gasteiger partial charge in [-0.15, -0.1) is 0 Å². The average Bonchev–Trinajstić information content (AvgIpc) is 2.90. The van der Waals surface area contributed by atoms with Gasteiger partial charge in [-0.3, -0.25) is 9.89 Å². The number of carbonyl (C=O) groups excluding carboxylic acids is 1. The second-order valence-corrected chi connectivity index (χ2v) is 5.54.